The molecule has 1 aromatic carbocycles. The fraction of sp³-hybridized carbons (Fsp3) is 0.353. The van der Waals surface area contributed by atoms with E-state index in [0.717, 1.165) is 30.5 Å². The van der Waals surface area contributed by atoms with E-state index in [1.807, 2.05) is 25.1 Å². The number of hydrogen-bond acceptors (Lipinski definition) is 2. The van der Waals surface area contributed by atoms with Crippen molar-refractivity contribution in [2.45, 2.75) is 38.1 Å². The molecule has 2 nitrogen and oxygen atoms in total. The molecule has 2 atom stereocenters. The summed E-state index contributed by atoms with van der Waals surface area (Å²) in [5.74, 6) is -0.0993. The Morgan fingerprint density at radius 1 is 1.35 bits per heavy atom. The third kappa shape index (κ3) is 2.34. The molecule has 0 amide bonds. The summed E-state index contributed by atoms with van der Waals surface area (Å²) in [5, 5.41) is 0. The van der Waals surface area contributed by atoms with Crippen LogP contribution in [0.25, 0.3) is 0 Å². The summed E-state index contributed by atoms with van der Waals surface area (Å²) in [6, 6.07) is 9.01. The number of rotatable bonds is 2. The van der Waals surface area contributed by atoms with Crippen molar-refractivity contribution < 1.29 is 4.39 Å². The van der Waals surface area contributed by atoms with E-state index in [0.29, 0.717) is 5.56 Å². The lowest BCUT2D eigenvalue weighted by Gasteiger charge is -2.29. The summed E-state index contributed by atoms with van der Waals surface area (Å²) in [4.78, 5) is 4.49. The summed E-state index contributed by atoms with van der Waals surface area (Å²) < 4.78 is 14.1. The molecule has 0 saturated heterocycles. The topological polar surface area (TPSA) is 38.9 Å². The van der Waals surface area contributed by atoms with Crippen LogP contribution in [-0.4, -0.2) is 4.98 Å². The summed E-state index contributed by atoms with van der Waals surface area (Å²) in [6.45, 7) is 1.88. The summed E-state index contributed by atoms with van der Waals surface area (Å²) in [7, 11) is 0. The predicted octanol–water partition coefficient (Wildman–Crippen LogP) is 3.65. The van der Waals surface area contributed by atoms with Gasteiger partial charge in [-0.2, -0.15) is 0 Å². The zero-order chi connectivity index (χ0) is 14.1. The fourth-order valence-electron chi connectivity index (χ4n) is 3.11. The number of fused-ring (bicyclic) bond motifs is 1. The Balaban J connectivity index is 1.97. The van der Waals surface area contributed by atoms with E-state index in [1.165, 1.54) is 5.56 Å². The molecule has 104 valence electrons. The second kappa shape index (κ2) is 5.33. The maximum absolute atomic E-state index is 14.1. The van der Waals surface area contributed by atoms with E-state index in [9.17, 15) is 4.39 Å². The summed E-state index contributed by atoms with van der Waals surface area (Å²) >= 11 is 0. The Kier molecular flexibility index (Phi) is 3.53. The first kappa shape index (κ1) is 13.3. The van der Waals surface area contributed by atoms with Crippen LogP contribution in [0, 0.1) is 12.7 Å². The van der Waals surface area contributed by atoms with E-state index in [2.05, 4.69) is 11.1 Å². The van der Waals surface area contributed by atoms with Crippen LogP contribution in [-0.2, 0) is 6.42 Å². The third-order valence-corrected chi connectivity index (χ3v) is 4.19. The highest BCUT2D eigenvalue weighted by Crippen LogP contribution is 2.38. The van der Waals surface area contributed by atoms with Gasteiger partial charge in [0, 0.05) is 29.4 Å². The molecular formula is C17H19FN2. The van der Waals surface area contributed by atoms with Gasteiger partial charge in [0.15, 0.2) is 0 Å². The van der Waals surface area contributed by atoms with E-state index >= 15 is 0 Å². The first-order valence-electron chi connectivity index (χ1n) is 7.12. The molecule has 0 aliphatic heterocycles. The van der Waals surface area contributed by atoms with E-state index < -0.39 is 0 Å². The number of benzene rings is 1. The molecule has 0 radical (unpaired) electrons. The number of nitrogens with zero attached hydrogens (tertiary/aromatic N) is 1. The zero-order valence-electron chi connectivity index (χ0n) is 11.6. The number of pyridine rings is 1. The molecule has 20 heavy (non-hydrogen) atoms. The molecule has 2 unspecified atom stereocenters. The van der Waals surface area contributed by atoms with Gasteiger partial charge in [-0.3, -0.25) is 4.98 Å². The van der Waals surface area contributed by atoms with Crippen LogP contribution in [0.1, 0.15) is 47.2 Å². The summed E-state index contributed by atoms with van der Waals surface area (Å²) in [5.41, 5.74) is 10.2. The highest BCUT2D eigenvalue weighted by atomic mass is 19.1. The number of aryl methyl sites for hydroxylation is 2. The third-order valence-electron chi connectivity index (χ3n) is 4.19. The van der Waals surface area contributed by atoms with Crippen LogP contribution in [0.3, 0.4) is 0 Å². The van der Waals surface area contributed by atoms with Crippen LogP contribution in [0.5, 0.6) is 0 Å². The molecule has 1 heterocycles. The second-order valence-electron chi connectivity index (χ2n) is 5.60. The predicted molar refractivity (Wildman–Crippen MR) is 78.0 cm³/mol. The quantitative estimate of drug-likeness (QED) is 0.904. The molecule has 1 aromatic heterocycles. The average Bonchev–Trinajstić information content (AvgIpc) is 2.46. The Bertz CT molecular complexity index is 624. The fourth-order valence-corrected chi connectivity index (χ4v) is 3.11. The van der Waals surface area contributed by atoms with E-state index in [1.54, 1.807) is 12.3 Å². The van der Waals surface area contributed by atoms with Gasteiger partial charge in [-0.1, -0.05) is 18.2 Å². The van der Waals surface area contributed by atoms with Crippen LogP contribution in [0.15, 0.2) is 36.5 Å². The van der Waals surface area contributed by atoms with Crippen molar-refractivity contribution in [3.63, 3.8) is 0 Å². The van der Waals surface area contributed by atoms with Gasteiger partial charge in [-0.25, -0.2) is 4.39 Å². The smallest absolute Gasteiger partial charge is 0.128 e. The van der Waals surface area contributed by atoms with Crippen molar-refractivity contribution in [1.29, 1.82) is 0 Å². The Morgan fingerprint density at radius 3 is 3.00 bits per heavy atom. The monoisotopic (exact) mass is 270 g/mol. The van der Waals surface area contributed by atoms with Gasteiger partial charge >= 0.3 is 0 Å². The van der Waals surface area contributed by atoms with Crippen LogP contribution in [0.4, 0.5) is 4.39 Å². The first-order valence-corrected chi connectivity index (χ1v) is 7.12. The average molecular weight is 270 g/mol. The molecule has 1 aliphatic rings. The van der Waals surface area contributed by atoms with Gasteiger partial charge in [-0.15, -0.1) is 0 Å². The molecule has 3 heteroatoms. The molecule has 2 aromatic rings. The lowest BCUT2D eigenvalue weighted by molar-refractivity contribution is 0.448. The summed E-state index contributed by atoms with van der Waals surface area (Å²) in [6.07, 6.45) is 4.90. The van der Waals surface area contributed by atoms with Crippen molar-refractivity contribution in [1.82, 2.24) is 4.98 Å². The molecule has 0 spiro atoms. The van der Waals surface area contributed by atoms with E-state index in [4.69, 9.17) is 5.73 Å². The van der Waals surface area contributed by atoms with Crippen molar-refractivity contribution in [3.8, 4) is 0 Å². The Labute approximate surface area is 118 Å². The SMILES string of the molecule is Cc1ccc(C(N)C2CCCc3cccnc32)c(F)c1. The molecule has 0 saturated carbocycles. The van der Waals surface area contributed by atoms with Crippen LogP contribution < -0.4 is 5.73 Å². The lowest BCUT2D eigenvalue weighted by Crippen LogP contribution is -2.25. The minimum Gasteiger partial charge on any atom is -0.323 e. The Morgan fingerprint density at radius 2 is 2.20 bits per heavy atom. The van der Waals surface area contributed by atoms with Gasteiger partial charge in [-0.05, 0) is 49.4 Å². The number of nitrogens with two attached hydrogens (primary N) is 1. The van der Waals surface area contributed by atoms with Crippen molar-refractivity contribution in [3.05, 3.63) is 64.7 Å². The molecule has 0 bridgehead atoms. The van der Waals surface area contributed by atoms with Crippen molar-refractivity contribution in [2.24, 2.45) is 5.73 Å². The van der Waals surface area contributed by atoms with Gasteiger partial charge in [0.2, 0.25) is 0 Å². The van der Waals surface area contributed by atoms with Gasteiger partial charge < -0.3 is 5.73 Å². The minimum atomic E-state index is -0.329. The highest BCUT2D eigenvalue weighted by molar-refractivity contribution is 5.33. The number of hydrogen-bond donors (Lipinski definition) is 1. The molecule has 1 aliphatic carbocycles. The first-order chi connectivity index (χ1) is 9.66. The second-order valence-corrected chi connectivity index (χ2v) is 5.60. The maximum Gasteiger partial charge on any atom is 0.128 e. The Hall–Kier alpha value is -1.74. The highest BCUT2D eigenvalue weighted by Gasteiger charge is 2.29. The number of aromatic nitrogens is 1. The standard InChI is InChI=1S/C17H19FN2/c1-11-7-8-13(15(18)10-11)16(19)14-6-2-4-12-5-3-9-20-17(12)14/h3,5,7-10,14,16H,2,4,6,19H2,1H3. The number of halogens is 1. The largest absolute Gasteiger partial charge is 0.323 e. The van der Waals surface area contributed by atoms with Crippen molar-refractivity contribution in [2.75, 3.05) is 0 Å². The lowest BCUT2D eigenvalue weighted by atomic mass is 9.80. The van der Waals surface area contributed by atoms with Crippen molar-refractivity contribution >= 4 is 0 Å². The molecule has 3 rings (SSSR count). The van der Waals surface area contributed by atoms with Gasteiger partial charge in [0.1, 0.15) is 5.82 Å². The molecule has 2 N–H and O–H groups in total. The van der Waals surface area contributed by atoms with E-state index in [-0.39, 0.29) is 17.8 Å². The normalized spacial score (nSPS) is 19.4. The van der Waals surface area contributed by atoms with Gasteiger partial charge in [0.05, 0.1) is 0 Å². The zero-order valence-corrected chi connectivity index (χ0v) is 11.6. The van der Waals surface area contributed by atoms with Gasteiger partial charge in [0.25, 0.3) is 0 Å². The molecular weight excluding hydrogens is 251 g/mol. The maximum atomic E-state index is 14.1. The van der Waals surface area contributed by atoms with Crippen LogP contribution >= 0.6 is 0 Å². The molecule has 0 fully saturated rings. The van der Waals surface area contributed by atoms with Crippen LogP contribution in [0.2, 0.25) is 0 Å². The minimum absolute atomic E-state index is 0.108.